The van der Waals surface area contributed by atoms with E-state index in [-0.39, 0.29) is 23.1 Å². The zero-order chi connectivity index (χ0) is 12.7. The Morgan fingerprint density at radius 1 is 1.53 bits per heavy atom. The molecule has 2 heterocycles. The molecule has 0 saturated carbocycles. The first-order valence-corrected chi connectivity index (χ1v) is 8.30. The molecule has 1 saturated heterocycles. The summed E-state index contributed by atoms with van der Waals surface area (Å²) in [6.07, 6.45) is 2.49. The van der Waals surface area contributed by atoms with Crippen molar-refractivity contribution >= 4 is 19.9 Å². The lowest BCUT2D eigenvalue weighted by Gasteiger charge is -2.31. The third kappa shape index (κ3) is 2.35. The largest absolute Gasteiger partial charge is 0.335 e. The van der Waals surface area contributed by atoms with E-state index in [0.29, 0.717) is 0 Å². The smallest absolute Gasteiger partial charge is 0.260 e. The van der Waals surface area contributed by atoms with E-state index in [1.807, 2.05) is 0 Å². The highest BCUT2D eigenvalue weighted by molar-refractivity contribution is 7.92. The second-order valence-corrected chi connectivity index (χ2v) is 8.08. The zero-order valence-corrected chi connectivity index (χ0v) is 10.8. The molecule has 1 atom stereocenters. The van der Waals surface area contributed by atoms with E-state index in [0.717, 1.165) is 0 Å². The van der Waals surface area contributed by atoms with Crippen molar-refractivity contribution in [1.82, 2.24) is 14.3 Å². The summed E-state index contributed by atoms with van der Waals surface area (Å²) in [5, 5.41) is -0.0105. The Labute approximate surface area is 99.8 Å². The van der Waals surface area contributed by atoms with Crippen molar-refractivity contribution in [2.24, 2.45) is 0 Å². The first-order valence-electron chi connectivity index (χ1n) is 5.03. The Hall–Kier alpha value is -0.930. The molecule has 1 N–H and O–H groups in total. The van der Waals surface area contributed by atoms with Crippen LogP contribution in [-0.2, 0) is 19.9 Å². The van der Waals surface area contributed by atoms with Gasteiger partial charge in [0.05, 0.1) is 24.0 Å². The molecule has 0 amide bonds. The number of hydrogen-bond donors (Lipinski definition) is 1. The number of nitrogens with zero attached hydrogens (tertiary/aromatic N) is 2. The number of H-pyrrole nitrogens is 1. The van der Waals surface area contributed by atoms with E-state index in [1.54, 1.807) is 6.92 Å². The van der Waals surface area contributed by atoms with Crippen LogP contribution in [0.1, 0.15) is 6.92 Å². The van der Waals surface area contributed by atoms with Crippen LogP contribution in [0, 0.1) is 0 Å². The lowest BCUT2D eigenvalue weighted by Crippen LogP contribution is -2.49. The third-order valence-corrected chi connectivity index (χ3v) is 6.40. The number of sulfone groups is 1. The quantitative estimate of drug-likeness (QED) is 0.765. The van der Waals surface area contributed by atoms with Crippen LogP contribution >= 0.6 is 0 Å². The van der Waals surface area contributed by atoms with Crippen molar-refractivity contribution < 1.29 is 16.8 Å². The van der Waals surface area contributed by atoms with E-state index >= 15 is 0 Å². The fourth-order valence-corrected chi connectivity index (χ4v) is 5.15. The zero-order valence-electron chi connectivity index (χ0n) is 9.20. The second-order valence-electron chi connectivity index (χ2n) is 3.99. The number of rotatable bonds is 2. The fraction of sp³-hybridized carbons (Fsp3) is 0.625. The average Bonchev–Trinajstić information content (AvgIpc) is 2.67. The van der Waals surface area contributed by atoms with E-state index in [4.69, 9.17) is 0 Å². The van der Waals surface area contributed by atoms with Crippen LogP contribution in [0.25, 0.3) is 0 Å². The number of imidazole rings is 1. The third-order valence-electron chi connectivity index (χ3n) is 2.67. The summed E-state index contributed by atoms with van der Waals surface area (Å²) in [6, 6.07) is -0.554. The maximum atomic E-state index is 12.1. The molecule has 17 heavy (non-hydrogen) atoms. The van der Waals surface area contributed by atoms with E-state index in [9.17, 15) is 16.8 Å². The predicted molar refractivity (Wildman–Crippen MR) is 60.6 cm³/mol. The maximum Gasteiger partial charge on any atom is 0.260 e. The molecule has 1 aliphatic heterocycles. The first kappa shape index (κ1) is 12.5. The van der Waals surface area contributed by atoms with Gasteiger partial charge in [0, 0.05) is 12.6 Å². The van der Waals surface area contributed by atoms with Crippen molar-refractivity contribution in [3.05, 3.63) is 12.5 Å². The molecule has 0 aliphatic carbocycles. The highest BCUT2D eigenvalue weighted by Gasteiger charge is 2.37. The number of nitrogens with one attached hydrogen (secondary N) is 1. The molecule has 0 radical (unpaired) electrons. The molecule has 9 heteroatoms. The lowest BCUT2D eigenvalue weighted by atomic mass is 10.4. The van der Waals surface area contributed by atoms with Gasteiger partial charge in [-0.05, 0) is 6.92 Å². The van der Waals surface area contributed by atoms with E-state index in [1.165, 1.54) is 16.8 Å². The molecular formula is C8H13N3O4S2. The molecule has 1 aromatic heterocycles. The van der Waals surface area contributed by atoms with Gasteiger partial charge in [0.1, 0.15) is 0 Å². The predicted octanol–water partition coefficient (Wildman–Crippen LogP) is -0.783. The summed E-state index contributed by atoms with van der Waals surface area (Å²) >= 11 is 0. The topological polar surface area (TPSA) is 100 Å². The Morgan fingerprint density at radius 2 is 2.24 bits per heavy atom. The second kappa shape index (κ2) is 4.07. The Balaban J connectivity index is 2.31. The minimum atomic E-state index is -3.67. The first-order chi connectivity index (χ1) is 7.83. The van der Waals surface area contributed by atoms with Gasteiger partial charge < -0.3 is 4.98 Å². The maximum absolute atomic E-state index is 12.1. The van der Waals surface area contributed by atoms with Gasteiger partial charge in [-0.15, -0.1) is 0 Å². The molecule has 1 aromatic rings. The number of sulfonamides is 1. The molecule has 2 rings (SSSR count). The molecular weight excluding hydrogens is 266 g/mol. The summed E-state index contributed by atoms with van der Waals surface area (Å²) in [5.74, 6) is -0.273. The van der Waals surface area contributed by atoms with E-state index in [2.05, 4.69) is 9.97 Å². The minimum Gasteiger partial charge on any atom is -0.335 e. The summed E-state index contributed by atoms with van der Waals surface area (Å²) in [5.41, 5.74) is 0. The molecule has 0 spiro atoms. The van der Waals surface area contributed by atoms with E-state index < -0.39 is 25.9 Å². The van der Waals surface area contributed by atoms with Gasteiger partial charge in [0.15, 0.2) is 14.9 Å². The van der Waals surface area contributed by atoms with Crippen LogP contribution in [0.15, 0.2) is 17.6 Å². The van der Waals surface area contributed by atoms with Crippen LogP contribution in [0.4, 0.5) is 0 Å². The molecule has 1 unspecified atom stereocenters. The van der Waals surface area contributed by atoms with Crippen molar-refractivity contribution in [3.63, 3.8) is 0 Å². The van der Waals surface area contributed by atoms with Gasteiger partial charge in [-0.2, -0.15) is 4.31 Å². The summed E-state index contributed by atoms with van der Waals surface area (Å²) in [7, 11) is -6.79. The van der Waals surface area contributed by atoms with Gasteiger partial charge in [-0.1, -0.05) is 0 Å². The molecule has 7 nitrogen and oxygen atoms in total. The standard InChI is InChI=1S/C8H13N3O4S2/c1-7-5-16(12,13)3-2-11(7)17(14,15)8-4-9-6-10-8/h4,6-7H,2-3,5H2,1H3,(H,9,10). The van der Waals surface area contributed by atoms with Crippen LogP contribution in [-0.4, -0.2) is 55.2 Å². The summed E-state index contributed by atoms with van der Waals surface area (Å²) in [6.45, 7) is 1.58. The average molecular weight is 279 g/mol. The highest BCUT2D eigenvalue weighted by atomic mass is 32.2. The fourth-order valence-electron chi connectivity index (χ4n) is 1.85. The van der Waals surface area contributed by atoms with Gasteiger partial charge in [0.2, 0.25) is 0 Å². The van der Waals surface area contributed by atoms with Gasteiger partial charge in [-0.25, -0.2) is 21.8 Å². The molecule has 0 bridgehead atoms. The SMILES string of the molecule is CC1CS(=O)(=O)CCN1S(=O)(=O)c1cnc[nH]1. The van der Waals surface area contributed by atoms with Gasteiger partial charge in [0.25, 0.3) is 10.0 Å². The summed E-state index contributed by atoms with van der Waals surface area (Å²) in [4.78, 5) is 6.18. The lowest BCUT2D eigenvalue weighted by molar-refractivity contribution is 0.355. The highest BCUT2D eigenvalue weighted by Crippen LogP contribution is 2.20. The van der Waals surface area contributed by atoms with Gasteiger partial charge in [-0.3, -0.25) is 0 Å². The number of hydrogen-bond acceptors (Lipinski definition) is 5. The Morgan fingerprint density at radius 3 is 2.76 bits per heavy atom. The Bertz CT molecular complexity index is 591. The number of aromatic nitrogens is 2. The van der Waals surface area contributed by atoms with Crippen molar-refractivity contribution in [3.8, 4) is 0 Å². The van der Waals surface area contributed by atoms with Crippen molar-refractivity contribution in [2.75, 3.05) is 18.1 Å². The molecule has 1 fully saturated rings. The number of aromatic amines is 1. The molecule has 96 valence electrons. The van der Waals surface area contributed by atoms with Crippen molar-refractivity contribution in [2.45, 2.75) is 18.0 Å². The summed E-state index contributed by atoms with van der Waals surface area (Å²) < 4.78 is 48.2. The molecule has 1 aliphatic rings. The van der Waals surface area contributed by atoms with Crippen LogP contribution in [0.3, 0.4) is 0 Å². The monoisotopic (exact) mass is 279 g/mol. The van der Waals surface area contributed by atoms with Crippen LogP contribution in [0.2, 0.25) is 0 Å². The van der Waals surface area contributed by atoms with Crippen molar-refractivity contribution in [1.29, 1.82) is 0 Å². The minimum absolute atomic E-state index is 0.00907. The Kier molecular flexibility index (Phi) is 3.00. The normalized spacial score (nSPS) is 25.8. The van der Waals surface area contributed by atoms with Crippen LogP contribution < -0.4 is 0 Å². The molecule has 0 aromatic carbocycles. The van der Waals surface area contributed by atoms with Crippen LogP contribution in [0.5, 0.6) is 0 Å². The van der Waals surface area contributed by atoms with Gasteiger partial charge >= 0.3 is 0 Å².